The highest BCUT2D eigenvalue weighted by molar-refractivity contribution is 9.10. The molecule has 1 aromatic heterocycles. The van der Waals surface area contributed by atoms with Crippen LogP contribution in [0.2, 0.25) is 5.02 Å². The van der Waals surface area contributed by atoms with Gasteiger partial charge in [0.05, 0.1) is 15.9 Å². The zero-order chi connectivity index (χ0) is 14.3. The van der Waals surface area contributed by atoms with E-state index in [1.807, 2.05) is 0 Å². The normalized spacial score (nSPS) is 10.9. The molecular formula is C14H8BrClN2O2. The van der Waals surface area contributed by atoms with Gasteiger partial charge < -0.3 is 5.21 Å². The minimum atomic E-state index is -0.536. The maximum absolute atomic E-state index is 12.2. The molecule has 3 rings (SSSR count). The molecule has 1 heterocycles. The second-order valence-corrected chi connectivity index (χ2v) is 5.52. The van der Waals surface area contributed by atoms with Crippen molar-refractivity contribution in [3.8, 4) is 11.4 Å². The lowest BCUT2D eigenvalue weighted by atomic mass is 10.2. The summed E-state index contributed by atoms with van der Waals surface area (Å²) in [6, 6.07) is 12.0. The Hall–Kier alpha value is -1.85. The number of rotatable bonds is 1. The summed E-state index contributed by atoms with van der Waals surface area (Å²) in [6.45, 7) is 0. The highest BCUT2D eigenvalue weighted by Crippen LogP contribution is 2.26. The highest BCUT2D eigenvalue weighted by Gasteiger charge is 2.14. The fraction of sp³-hybridized carbons (Fsp3) is 0. The van der Waals surface area contributed by atoms with E-state index >= 15 is 0 Å². The van der Waals surface area contributed by atoms with Crippen LogP contribution < -0.4 is 5.56 Å². The molecular weight excluding hydrogens is 344 g/mol. The molecule has 0 aliphatic carbocycles. The third-order valence-corrected chi connectivity index (χ3v) is 3.75. The summed E-state index contributed by atoms with van der Waals surface area (Å²) in [6.07, 6.45) is 0. The van der Waals surface area contributed by atoms with Gasteiger partial charge in [-0.2, -0.15) is 0 Å². The van der Waals surface area contributed by atoms with Crippen molar-refractivity contribution in [1.82, 2.24) is 9.71 Å². The van der Waals surface area contributed by atoms with Crippen LogP contribution in [0, 0.1) is 0 Å². The molecule has 0 fully saturated rings. The molecule has 1 N–H and O–H groups in total. The first-order valence-electron chi connectivity index (χ1n) is 5.74. The van der Waals surface area contributed by atoms with Gasteiger partial charge in [0.1, 0.15) is 0 Å². The highest BCUT2D eigenvalue weighted by atomic mass is 79.9. The maximum Gasteiger partial charge on any atom is 0.294 e. The Kier molecular flexibility index (Phi) is 3.23. The molecule has 0 bridgehead atoms. The first-order valence-corrected chi connectivity index (χ1v) is 6.91. The Morgan fingerprint density at radius 2 is 1.95 bits per heavy atom. The molecule has 0 atom stereocenters. The van der Waals surface area contributed by atoms with E-state index < -0.39 is 5.56 Å². The largest absolute Gasteiger partial charge is 0.423 e. The zero-order valence-corrected chi connectivity index (χ0v) is 12.4. The molecule has 0 aliphatic heterocycles. The van der Waals surface area contributed by atoms with E-state index in [0.29, 0.717) is 26.2 Å². The molecule has 4 nitrogen and oxygen atoms in total. The maximum atomic E-state index is 12.2. The first kappa shape index (κ1) is 13.1. The van der Waals surface area contributed by atoms with Gasteiger partial charge in [0.25, 0.3) is 5.56 Å². The Balaban J connectivity index is 2.39. The lowest BCUT2D eigenvalue weighted by molar-refractivity contribution is 0.178. The Morgan fingerprint density at radius 3 is 2.70 bits per heavy atom. The van der Waals surface area contributed by atoms with Crippen LogP contribution in [-0.4, -0.2) is 14.9 Å². The Bertz CT molecular complexity index is 877. The van der Waals surface area contributed by atoms with E-state index in [-0.39, 0.29) is 5.82 Å². The molecule has 100 valence electrons. The van der Waals surface area contributed by atoms with E-state index in [9.17, 15) is 10.0 Å². The minimum Gasteiger partial charge on any atom is -0.423 e. The van der Waals surface area contributed by atoms with Crippen LogP contribution in [0.1, 0.15) is 0 Å². The van der Waals surface area contributed by atoms with Crippen molar-refractivity contribution in [2.24, 2.45) is 0 Å². The third-order valence-electron chi connectivity index (χ3n) is 2.92. The van der Waals surface area contributed by atoms with E-state index in [4.69, 9.17) is 11.6 Å². The van der Waals surface area contributed by atoms with Crippen molar-refractivity contribution in [2.75, 3.05) is 0 Å². The van der Waals surface area contributed by atoms with Crippen molar-refractivity contribution in [3.63, 3.8) is 0 Å². The van der Waals surface area contributed by atoms with Crippen LogP contribution >= 0.6 is 27.5 Å². The summed E-state index contributed by atoms with van der Waals surface area (Å²) in [5.41, 5.74) is 0.461. The van der Waals surface area contributed by atoms with Crippen molar-refractivity contribution in [3.05, 3.63) is 62.3 Å². The van der Waals surface area contributed by atoms with Crippen molar-refractivity contribution in [1.29, 1.82) is 0 Å². The Morgan fingerprint density at radius 1 is 1.20 bits per heavy atom. The topological polar surface area (TPSA) is 55.1 Å². The second kappa shape index (κ2) is 4.92. The predicted octanol–water partition coefficient (Wildman–Crippen LogP) is 3.72. The summed E-state index contributed by atoms with van der Waals surface area (Å²) in [4.78, 5) is 16.5. The van der Waals surface area contributed by atoms with E-state index in [0.717, 1.165) is 4.47 Å². The average Bonchev–Trinajstić information content (AvgIpc) is 2.44. The second-order valence-electron chi connectivity index (χ2n) is 4.19. The van der Waals surface area contributed by atoms with Crippen LogP contribution in [0.25, 0.3) is 22.3 Å². The standard InChI is InChI=1S/C14H8BrClN2O2/c15-8-5-6-12-10(7-8)14(19)18(20)13(17-12)9-3-1-2-4-11(9)16/h1-7,20H. The van der Waals surface area contributed by atoms with Gasteiger partial charge >= 0.3 is 0 Å². The molecule has 3 aromatic rings. The zero-order valence-electron chi connectivity index (χ0n) is 10.0. The average molecular weight is 352 g/mol. The summed E-state index contributed by atoms with van der Waals surface area (Å²) < 4.78 is 1.27. The van der Waals surface area contributed by atoms with E-state index in [2.05, 4.69) is 20.9 Å². The van der Waals surface area contributed by atoms with Crippen LogP contribution in [0.4, 0.5) is 0 Å². The quantitative estimate of drug-likeness (QED) is 0.680. The van der Waals surface area contributed by atoms with Gasteiger partial charge in [-0.1, -0.05) is 39.7 Å². The molecule has 2 aromatic carbocycles. The molecule has 0 spiro atoms. The SMILES string of the molecule is O=c1c2cc(Br)ccc2nc(-c2ccccc2Cl)n1O. The van der Waals surface area contributed by atoms with E-state index in [1.54, 1.807) is 42.5 Å². The van der Waals surface area contributed by atoms with Gasteiger partial charge in [-0.05, 0) is 30.3 Å². The van der Waals surface area contributed by atoms with Gasteiger partial charge in [-0.25, -0.2) is 4.98 Å². The van der Waals surface area contributed by atoms with Crippen LogP contribution in [0.3, 0.4) is 0 Å². The van der Waals surface area contributed by atoms with Gasteiger partial charge in [0.15, 0.2) is 5.82 Å². The monoisotopic (exact) mass is 350 g/mol. The van der Waals surface area contributed by atoms with Gasteiger partial charge in [-0.3, -0.25) is 4.79 Å². The van der Waals surface area contributed by atoms with Crippen molar-refractivity contribution < 1.29 is 5.21 Å². The van der Waals surface area contributed by atoms with E-state index in [1.165, 1.54) is 0 Å². The molecule has 0 aliphatic rings. The van der Waals surface area contributed by atoms with Crippen LogP contribution in [-0.2, 0) is 0 Å². The fourth-order valence-electron chi connectivity index (χ4n) is 1.97. The first-order chi connectivity index (χ1) is 9.58. The van der Waals surface area contributed by atoms with Gasteiger partial charge in [-0.15, -0.1) is 4.73 Å². The van der Waals surface area contributed by atoms with Crippen LogP contribution in [0.5, 0.6) is 0 Å². The number of halogens is 2. The number of fused-ring (bicyclic) bond motifs is 1. The molecule has 0 saturated carbocycles. The number of nitrogens with zero attached hydrogens (tertiary/aromatic N) is 2. The summed E-state index contributed by atoms with van der Waals surface area (Å²) >= 11 is 9.37. The molecule has 0 amide bonds. The molecule has 20 heavy (non-hydrogen) atoms. The lowest BCUT2D eigenvalue weighted by Crippen LogP contribution is -2.21. The predicted molar refractivity (Wildman–Crippen MR) is 81.3 cm³/mol. The third kappa shape index (κ3) is 2.09. The summed E-state index contributed by atoms with van der Waals surface area (Å²) in [5, 5.41) is 10.8. The number of benzene rings is 2. The smallest absolute Gasteiger partial charge is 0.294 e. The van der Waals surface area contributed by atoms with Crippen molar-refractivity contribution >= 4 is 38.4 Å². The Labute approximate surface area is 127 Å². The molecule has 0 radical (unpaired) electrons. The van der Waals surface area contributed by atoms with Crippen LogP contribution in [0.15, 0.2) is 51.7 Å². The summed E-state index contributed by atoms with van der Waals surface area (Å²) in [7, 11) is 0. The molecule has 6 heteroatoms. The van der Waals surface area contributed by atoms with Gasteiger partial charge in [0.2, 0.25) is 0 Å². The lowest BCUT2D eigenvalue weighted by Gasteiger charge is -2.09. The van der Waals surface area contributed by atoms with Crippen molar-refractivity contribution in [2.45, 2.75) is 0 Å². The fourth-order valence-corrected chi connectivity index (χ4v) is 2.55. The minimum absolute atomic E-state index is 0.121. The number of aromatic nitrogens is 2. The van der Waals surface area contributed by atoms with Gasteiger partial charge in [0, 0.05) is 10.0 Å². The number of hydrogen-bond acceptors (Lipinski definition) is 3. The molecule has 0 unspecified atom stereocenters. The number of hydrogen-bond donors (Lipinski definition) is 1. The molecule has 0 saturated heterocycles. The summed E-state index contributed by atoms with van der Waals surface area (Å²) in [5.74, 6) is 0.121.